The molecular weight excluding hydrogens is 278 g/mol. The van der Waals surface area contributed by atoms with Gasteiger partial charge in [-0.3, -0.25) is 0 Å². The second-order valence-electron chi connectivity index (χ2n) is 5.96. The predicted molar refractivity (Wildman–Crippen MR) is 78.7 cm³/mol. The summed E-state index contributed by atoms with van der Waals surface area (Å²) >= 11 is 0. The van der Waals surface area contributed by atoms with E-state index < -0.39 is 10.2 Å². The Morgan fingerprint density at radius 3 is 2.85 bits per heavy atom. The van der Waals surface area contributed by atoms with E-state index in [0.717, 1.165) is 32.4 Å². The zero-order valence-corrected chi connectivity index (χ0v) is 13.3. The molecule has 3 unspecified atom stereocenters. The molecule has 7 heteroatoms. The fourth-order valence-electron chi connectivity index (χ4n) is 3.05. The Morgan fingerprint density at radius 1 is 1.40 bits per heavy atom. The lowest BCUT2D eigenvalue weighted by Gasteiger charge is -2.33. The molecule has 2 aliphatic rings. The highest BCUT2D eigenvalue weighted by Gasteiger charge is 2.32. The van der Waals surface area contributed by atoms with Crippen molar-refractivity contribution < 1.29 is 13.2 Å². The van der Waals surface area contributed by atoms with E-state index >= 15 is 0 Å². The van der Waals surface area contributed by atoms with E-state index in [1.165, 1.54) is 0 Å². The van der Waals surface area contributed by atoms with E-state index in [4.69, 9.17) is 4.74 Å². The average molecular weight is 305 g/mol. The molecule has 0 aliphatic carbocycles. The van der Waals surface area contributed by atoms with Crippen LogP contribution in [0.3, 0.4) is 0 Å². The third-order valence-electron chi connectivity index (χ3n) is 4.32. The van der Waals surface area contributed by atoms with Crippen LogP contribution in [0.1, 0.15) is 26.2 Å². The van der Waals surface area contributed by atoms with Crippen molar-refractivity contribution in [3.63, 3.8) is 0 Å². The van der Waals surface area contributed by atoms with Crippen LogP contribution in [0.5, 0.6) is 0 Å². The van der Waals surface area contributed by atoms with Crippen LogP contribution in [0, 0.1) is 11.8 Å². The summed E-state index contributed by atoms with van der Waals surface area (Å²) in [4.78, 5) is 0. The lowest BCUT2D eigenvalue weighted by molar-refractivity contribution is 0.180. The third-order valence-corrected chi connectivity index (χ3v) is 6.00. The third kappa shape index (κ3) is 4.14. The molecule has 0 bridgehead atoms. The Bertz CT molecular complexity index is 394. The summed E-state index contributed by atoms with van der Waals surface area (Å²) in [5.74, 6) is 0.707. The van der Waals surface area contributed by atoms with Crippen molar-refractivity contribution in [2.45, 2.75) is 32.2 Å². The Morgan fingerprint density at radius 2 is 2.20 bits per heavy atom. The predicted octanol–water partition coefficient (Wildman–Crippen LogP) is 0.177. The molecule has 0 spiro atoms. The van der Waals surface area contributed by atoms with Gasteiger partial charge in [-0.2, -0.15) is 17.4 Å². The first-order valence-corrected chi connectivity index (χ1v) is 8.96. The van der Waals surface area contributed by atoms with E-state index in [1.807, 2.05) is 14.0 Å². The molecule has 0 aromatic carbocycles. The molecular formula is C13H27N3O3S. The van der Waals surface area contributed by atoms with Gasteiger partial charge in [-0.1, -0.05) is 0 Å². The number of hydrogen-bond donors (Lipinski definition) is 2. The Hall–Kier alpha value is -0.210. The van der Waals surface area contributed by atoms with Crippen molar-refractivity contribution in [2.75, 3.05) is 39.9 Å². The number of ether oxygens (including phenoxy) is 1. The molecule has 2 heterocycles. The number of rotatable bonds is 6. The molecule has 0 saturated carbocycles. The first kappa shape index (κ1) is 16.2. The smallest absolute Gasteiger partial charge is 0.279 e. The van der Waals surface area contributed by atoms with Crippen LogP contribution in [0.4, 0.5) is 0 Å². The zero-order chi connectivity index (χ0) is 14.6. The Kier molecular flexibility index (Phi) is 5.80. The van der Waals surface area contributed by atoms with Crippen LogP contribution in [0.15, 0.2) is 0 Å². The van der Waals surface area contributed by atoms with Gasteiger partial charge in [0.25, 0.3) is 10.2 Å². The highest BCUT2D eigenvalue weighted by atomic mass is 32.2. The molecule has 2 N–H and O–H groups in total. The van der Waals surface area contributed by atoms with Gasteiger partial charge in [-0.15, -0.1) is 0 Å². The highest BCUT2D eigenvalue weighted by Crippen LogP contribution is 2.21. The van der Waals surface area contributed by atoms with Gasteiger partial charge in [-0.05, 0) is 45.7 Å². The summed E-state index contributed by atoms with van der Waals surface area (Å²) in [6, 6.07) is -0.0628. The summed E-state index contributed by atoms with van der Waals surface area (Å²) in [6.07, 6.45) is 2.97. The van der Waals surface area contributed by atoms with Gasteiger partial charge in [0, 0.05) is 31.7 Å². The van der Waals surface area contributed by atoms with E-state index in [1.54, 1.807) is 4.31 Å². The van der Waals surface area contributed by atoms with E-state index in [0.29, 0.717) is 31.5 Å². The summed E-state index contributed by atoms with van der Waals surface area (Å²) in [5, 5.41) is 3.14. The summed E-state index contributed by atoms with van der Waals surface area (Å²) < 4.78 is 34.7. The first-order chi connectivity index (χ1) is 9.53. The normalized spacial score (nSPS) is 30.5. The van der Waals surface area contributed by atoms with Crippen molar-refractivity contribution in [3.05, 3.63) is 0 Å². The van der Waals surface area contributed by atoms with Gasteiger partial charge in [-0.25, -0.2) is 0 Å². The minimum Gasteiger partial charge on any atom is -0.381 e. The highest BCUT2D eigenvalue weighted by molar-refractivity contribution is 7.87. The van der Waals surface area contributed by atoms with Gasteiger partial charge in [0.15, 0.2) is 0 Å². The van der Waals surface area contributed by atoms with Crippen molar-refractivity contribution in [3.8, 4) is 0 Å². The second-order valence-corrected chi connectivity index (χ2v) is 7.66. The molecule has 2 aliphatic heterocycles. The van der Waals surface area contributed by atoms with Gasteiger partial charge in [0.2, 0.25) is 0 Å². The summed E-state index contributed by atoms with van der Waals surface area (Å²) in [6.45, 7) is 5.45. The molecule has 118 valence electrons. The topological polar surface area (TPSA) is 70.7 Å². The van der Waals surface area contributed by atoms with Crippen LogP contribution in [-0.2, 0) is 14.9 Å². The minimum absolute atomic E-state index is 0.0628. The molecule has 0 aromatic heterocycles. The molecule has 6 nitrogen and oxygen atoms in total. The SMILES string of the molecule is CNCC1CCCN(S(=O)(=O)NC(C)C2CCOC2)C1. The minimum atomic E-state index is -3.37. The maximum Gasteiger partial charge on any atom is 0.279 e. The Labute approximate surface area is 122 Å². The number of nitrogens with one attached hydrogen (secondary N) is 2. The lowest BCUT2D eigenvalue weighted by Crippen LogP contribution is -2.51. The molecule has 0 amide bonds. The fraction of sp³-hybridized carbons (Fsp3) is 1.00. The summed E-state index contributed by atoms with van der Waals surface area (Å²) in [7, 11) is -1.46. The first-order valence-electron chi connectivity index (χ1n) is 7.52. The average Bonchev–Trinajstić information content (AvgIpc) is 2.93. The zero-order valence-electron chi connectivity index (χ0n) is 12.5. The fourth-order valence-corrected chi connectivity index (χ4v) is 4.64. The molecule has 20 heavy (non-hydrogen) atoms. The number of hydrogen-bond acceptors (Lipinski definition) is 4. The largest absolute Gasteiger partial charge is 0.381 e. The maximum absolute atomic E-state index is 12.5. The van der Waals surface area contributed by atoms with Gasteiger partial charge in [0.05, 0.1) is 6.61 Å². The number of piperidine rings is 1. The molecule has 2 rings (SSSR count). The quantitative estimate of drug-likeness (QED) is 0.734. The molecule has 0 radical (unpaired) electrons. The second kappa shape index (κ2) is 7.17. The van der Waals surface area contributed by atoms with Crippen molar-refractivity contribution in [1.29, 1.82) is 0 Å². The van der Waals surface area contributed by atoms with E-state index in [2.05, 4.69) is 10.0 Å². The monoisotopic (exact) mass is 305 g/mol. The molecule has 0 aromatic rings. The summed E-state index contributed by atoms with van der Waals surface area (Å²) in [5.41, 5.74) is 0. The lowest BCUT2D eigenvalue weighted by atomic mass is 10.00. The van der Waals surface area contributed by atoms with Crippen molar-refractivity contribution in [2.24, 2.45) is 11.8 Å². The van der Waals surface area contributed by atoms with Crippen molar-refractivity contribution >= 4 is 10.2 Å². The molecule has 2 fully saturated rings. The van der Waals surface area contributed by atoms with Gasteiger partial charge in [0.1, 0.15) is 0 Å². The number of nitrogens with zero attached hydrogens (tertiary/aromatic N) is 1. The van der Waals surface area contributed by atoms with E-state index in [-0.39, 0.29) is 6.04 Å². The van der Waals surface area contributed by atoms with Crippen LogP contribution in [0.25, 0.3) is 0 Å². The van der Waals surface area contributed by atoms with Crippen LogP contribution in [-0.4, -0.2) is 58.7 Å². The van der Waals surface area contributed by atoms with Crippen LogP contribution in [0.2, 0.25) is 0 Å². The van der Waals surface area contributed by atoms with E-state index in [9.17, 15) is 8.42 Å². The van der Waals surface area contributed by atoms with Crippen molar-refractivity contribution in [1.82, 2.24) is 14.3 Å². The van der Waals surface area contributed by atoms with Crippen LogP contribution >= 0.6 is 0 Å². The van der Waals surface area contributed by atoms with Gasteiger partial charge >= 0.3 is 0 Å². The Balaban J connectivity index is 1.91. The molecule has 3 atom stereocenters. The molecule has 2 saturated heterocycles. The standard InChI is InChI=1S/C13H27N3O3S/c1-11(13-5-7-19-10-13)15-20(17,18)16-6-3-4-12(9-16)8-14-2/h11-15H,3-10H2,1-2H3. The maximum atomic E-state index is 12.5. The van der Waals surface area contributed by atoms with Gasteiger partial charge < -0.3 is 10.1 Å². The van der Waals surface area contributed by atoms with Crippen LogP contribution < -0.4 is 10.0 Å².